The van der Waals surface area contributed by atoms with Crippen LogP contribution in [0.3, 0.4) is 0 Å². The number of fused-ring (bicyclic) bond motifs is 1. The van der Waals surface area contributed by atoms with Gasteiger partial charge >= 0.3 is 0 Å². The van der Waals surface area contributed by atoms with Gasteiger partial charge in [0, 0.05) is 31.3 Å². The molecule has 0 radical (unpaired) electrons. The summed E-state index contributed by atoms with van der Waals surface area (Å²) in [7, 11) is 0. The van der Waals surface area contributed by atoms with Crippen molar-refractivity contribution < 1.29 is 9.59 Å². The maximum atomic E-state index is 12.8. The molecule has 2 aromatic carbocycles. The molecule has 0 aliphatic heterocycles. The Morgan fingerprint density at radius 1 is 1.00 bits per heavy atom. The first-order valence-electron chi connectivity index (χ1n) is 9.09. The predicted octanol–water partition coefficient (Wildman–Crippen LogP) is 1.69. The van der Waals surface area contributed by atoms with Crippen LogP contribution in [0, 0.1) is 0 Å². The molecule has 28 heavy (non-hydrogen) atoms. The van der Waals surface area contributed by atoms with Crippen LogP contribution in [-0.2, 0) is 22.7 Å². The molecule has 2 amide bonds. The van der Waals surface area contributed by atoms with E-state index >= 15 is 0 Å². The lowest BCUT2D eigenvalue weighted by molar-refractivity contribution is -0.132. The number of nitrogens with two attached hydrogens (primary N) is 1. The summed E-state index contributed by atoms with van der Waals surface area (Å²) in [6.45, 7) is 1.01. The lowest BCUT2D eigenvalue weighted by atomic mass is 10.2. The molecule has 0 fully saturated rings. The Kier molecular flexibility index (Phi) is 6.16. The van der Waals surface area contributed by atoms with Gasteiger partial charge in [0.2, 0.25) is 17.2 Å². The lowest BCUT2D eigenvalue weighted by Gasteiger charge is -2.23. The summed E-state index contributed by atoms with van der Waals surface area (Å²) in [4.78, 5) is 37.5. The fraction of sp³-hybridized carbons (Fsp3) is 0.238. The van der Waals surface area contributed by atoms with Crippen LogP contribution in [0.5, 0.6) is 0 Å². The van der Waals surface area contributed by atoms with Crippen molar-refractivity contribution in [2.45, 2.75) is 25.9 Å². The molecule has 1 aromatic heterocycles. The number of nitrogens with zero attached hydrogens (tertiary/aromatic N) is 3. The molecule has 0 bridgehead atoms. The average molecular weight is 378 g/mol. The summed E-state index contributed by atoms with van der Waals surface area (Å²) in [6.07, 6.45) is 1.57. The second-order valence-corrected chi connectivity index (χ2v) is 6.52. The number of carbonyl (C=O) groups excluding carboxylic acids is 2. The second kappa shape index (κ2) is 8.94. The number of para-hydroxylation sites is 1. The number of hydrogen-bond donors (Lipinski definition) is 1. The normalized spacial score (nSPS) is 10.7. The molecule has 0 spiro atoms. The molecule has 7 heteroatoms. The fourth-order valence-corrected chi connectivity index (χ4v) is 3.04. The number of aryl methyl sites for hydroxylation is 1. The highest BCUT2D eigenvalue weighted by Crippen LogP contribution is 2.11. The zero-order valence-corrected chi connectivity index (χ0v) is 15.5. The SMILES string of the molecule is NC(=O)CCN(Cc1ccccc1)C(=O)CCn1ncc(=O)c2ccccc21. The van der Waals surface area contributed by atoms with Crippen LogP contribution < -0.4 is 11.2 Å². The van der Waals surface area contributed by atoms with Gasteiger partial charge in [0.25, 0.3) is 0 Å². The van der Waals surface area contributed by atoms with Crippen molar-refractivity contribution >= 4 is 22.7 Å². The van der Waals surface area contributed by atoms with E-state index in [1.54, 1.807) is 21.7 Å². The van der Waals surface area contributed by atoms with Crippen LogP contribution in [0.15, 0.2) is 65.6 Å². The maximum Gasteiger partial charge on any atom is 0.224 e. The lowest BCUT2D eigenvalue weighted by Crippen LogP contribution is -2.34. The first-order chi connectivity index (χ1) is 13.5. The monoisotopic (exact) mass is 378 g/mol. The number of carbonyl (C=O) groups is 2. The van der Waals surface area contributed by atoms with E-state index in [-0.39, 0.29) is 30.7 Å². The Labute approximate surface area is 162 Å². The van der Waals surface area contributed by atoms with Crippen molar-refractivity contribution in [3.63, 3.8) is 0 Å². The van der Waals surface area contributed by atoms with Gasteiger partial charge in [-0.2, -0.15) is 5.10 Å². The van der Waals surface area contributed by atoms with Crippen LogP contribution in [0.2, 0.25) is 0 Å². The number of primary amides is 1. The highest BCUT2D eigenvalue weighted by molar-refractivity contribution is 5.79. The maximum absolute atomic E-state index is 12.8. The molecular formula is C21H22N4O3. The van der Waals surface area contributed by atoms with E-state index in [1.165, 1.54) is 6.20 Å². The van der Waals surface area contributed by atoms with E-state index in [0.717, 1.165) is 5.56 Å². The Morgan fingerprint density at radius 2 is 1.71 bits per heavy atom. The molecule has 2 N–H and O–H groups in total. The molecule has 1 heterocycles. The van der Waals surface area contributed by atoms with Crippen LogP contribution in [0.25, 0.3) is 10.9 Å². The van der Waals surface area contributed by atoms with Gasteiger partial charge < -0.3 is 10.6 Å². The highest BCUT2D eigenvalue weighted by atomic mass is 16.2. The molecule has 7 nitrogen and oxygen atoms in total. The molecule has 0 unspecified atom stereocenters. The number of hydrogen-bond acceptors (Lipinski definition) is 4. The average Bonchev–Trinajstić information content (AvgIpc) is 2.71. The summed E-state index contributed by atoms with van der Waals surface area (Å²) in [5, 5.41) is 4.72. The number of amides is 2. The van der Waals surface area contributed by atoms with Crippen LogP contribution in [-0.4, -0.2) is 33.0 Å². The quantitative estimate of drug-likeness (QED) is 0.645. The smallest absolute Gasteiger partial charge is 0.224 e. The predicted molar refractivity (Wildman–Crippen MR) is 106 cm³/mol. The number of rotatable bonds is 8. The number of benzene rings is 2. The molecule has 0 aliphatic carbocycles. The van der Waals surface area contributed by atoms with E-state index in [0.29, 0.717) is 24.0 Å². The Balaban J connectivity index is 1.73. The largest absolute Gasteiger partial charge is 0.370 e. The van der Waals surface area contributed by atoms with Crippen molar-refractivity contribution in [1.29, 1.82) is 0 Å². The summed E-state index contributed by atoms with van der Waals surface area (Å²) < 4.78 is 1.66. The highest BCUT2D eigenvalue weighted by Gasteiger charge is 2.15. The van der Waals surface area contributed by atoms with Gasteiger partial charge in [-0.15, -0.1) is 0 Å². The first kappa shape index (κ1) is 19.3. The molecule has 3 aromatic rings. The number of aromatic nitrogens is 2. The van der Waals surface area contributed by atoms with Gasteiger partial charge in [-0.1, -0.05) is 42.5 Å². The van der Waals surface area contributed by atoms with Crippen LogP contribution >= 0.6 is 0 Å². The van der Waals surface area contributed by atoms with E-state index in [1.807, 2.05) is 42.5 Å². The van der Waals surface area contributed by atoms with E-state index in [9.17, 15) is 14.4 Å². The zero-order valence-electron chi connectivity index (χ0n) is 15.5. The molecule has 3 rings (SSSR count). The summed E-state index contributed by atoms with van der Waals surface area (Å²) in [5.41, 5.74) is 6.78. The minimum absolute atomic E-state index is 0.102. The minimum atomic E-state index is -0.445. The minimum Gasteiger partial charge on any atom is -0.370 e. The van der Waals surface area contributed by atoms with Crippen LogP contribution in [0.4, 0.5) is 0 Å². The van der Waals surface area contributed by atoms with Crippen molar-refractivity contribution in [3.8, 4) is 0 Å². The molecule has 144 valence electrons. The first-order valence-corrected chi connectivity index (χ1v) is 9.09. The Hall–Kier alpha value is -3.48. The summed E-state index contributed by atoms with van der Waals surface area (Å²) in [6, 6.07) is 16.8. The summed E-state index contributed by atoms with van der Waals surface area (Å²) >= 11 is 0. The zero-order chi connectivity index (χ0) is 19.9. The Morgan fingerprint density at radius 3 is 2.46 bits per heavy atom. The molecule has 0 atom stereocenters. The molecule has 0 saturated carbocycles. The van der Waals surface area contributed by atoms with Gasteiger partial charge in [0.1, 0.15) is 0 Å². The topological polar surface area (TPSA) is 98.3 Å². The Bertz CT molecular complexity index is 1030. The van der Waals surface area contributed by atoms with E-state index in [2.05, 4.69) is 5.10 Å². The molecule has 0 saturated heterocycles. The van der Waals surface area contributed by atoms with E-state index in [4.69, 9.17) is 5.73 Å². The van der Waals surface area contributed by atoms with E-state index < -0.39 is 5.91 Å². The van der Waals surface area contributed by atoms with Gasteiger partial charge in [0.05, 0.1) is 18.3 Å². The van der Waals surface area contributed by atoms with Gasteiger partial charge in [0.15, 0.2) is 0 Å². The van der Waals surface area contributed by atoms with Gasteiger partial charge in [-0.25, -0.2) is 0 Å². The molecule has 0 aliphatic rings. The third-order valence-corrected chi connectivity index (χ3v) is 4.50. The van der Waals surface area contributed by atoms with Crippen LogP contribution in [0.1, 0.15) is 18.4 Å². The standard InChI is InChI=1S/C21H22N4O3/c22-20(27)10-12-24(15-16-6-2-1-3-7-16)21(28)11-13-25-18-9-5-4-8-17(18)19(26)14-23-25/h1-9,14H,10-13,15H2,(H2,22,27). The summed E-state index contributed by atoms with van der Waals surface area (Å²) in [5.74, 6) is -0.548. The third-order valence-electron chi connectivity index (χ3n) is 4.50. The van der Waals surface area contributed by atoms with Crippen molar-refractivity contribution in [2.75, 3.05) is 6.54 Å². The van der Waals surface area contributed by atoms with Crippen molar-refractivity contribution in [1.82, 2.24) is 14.7 Å². The van der Waals surface area contributed by atoms with Gasteiger partial charge in [-0.05, 0) is 17.7 Å². The van der Waals surface area contributed by atoms with Crippen molar-refractivity contribution in [3.05, 3.63) is 76.6 Å². The fourth-order valence-electron chi connectivity index (χ4n) is 3.04. The molecular weight excluding hydrogens is 356 g/mol. The third kappa shape index (κ3) is 4.82. The van der Waals surface area contributed by atoms with Crippen molar-refractivity contribution in [2.24, 2.45) is 5.73 Å². The van der Waals surface area contributed by atoms with Gasteiger partial charge in [-0.3, -0.25) is 19.1 Å². The second-order valence-electron chi connectivity index (χ2n) is 6.52.